The zero-order chi connectivity index (χ0) is 16.6. The van der Waals surface area contributed by atoms with E-state index in [2.05, 4.69) is 34.5 Å². The minimum absolute atomic E-state index is 0.120. The molecule has 4 nitrogen and oxygen atoms in total. The van der Waals surface area contributed by atoms with Crippen LogP contribution in [-0.4, -0.2) is 15.2 Å². The Hall–Kier alpha value is -2.20. The van der Waals surface area contributed by atoms with E-state index in [4.69, 9.17) is 10.7 Å². The molecule has 25 heavy (non-hydrogen) atoms. The number of pyridine rings is 1. The summed E-state index contributed by atoms with van der Waals surface area (Å²) < 4.78 is 0. The van der Waals surface area contributed by atoms with E-state index in [1.165, 1.54) is 54.2 Å². The van der Waals surface area contributed by atoms with E-state index in [1.807, 2.05) is 12.4 Å². The van der Waals surface area contributed by atoms with Gasteiger partial charge in [0.15, 0.2) is 0 Å². The third-order valence-corrected chi connectivity index (χ3v) is 6.96. The van der Waals surface area contributed by atoms with Crippen LogP contribution in [0.4, 0.5) is 0 Å². The quantitative estimate of drug-likeness (QED) is 0.755. The van der Waals surface area contributed by atoms with Crippen LogP contribution in [0.1, 0.15) is 55.6 Å². The van der Waals surface area contributed by atoms with Crippen molar-refractivity contribution in [1.82, 2.24) is 15.2 Å². The number of aromatic nitrogens is 3. The summed E-state index contributed by atoms with van der Waals surface area (Å²) in [5, 5.41) is 8.57. The third-order valence-electron chi connectivity index (χ3n) is 6.96. The fraction of sp³-hybridized carbons (Fsp3) is 0.429. The molecule has 3 aliphatic carbocycles. The molecule has 2 aromatic heterocycles. The topological polar surface area (TPSA) is 67.6 Å². The maximum atomic E-state index is 6.69. The highest BCUT2D eigenvalue weighted by molar-refractivity contribution is 5.89. The molecule has 3 fully saturated rings. The van der Waals surface area contributed by atoms with Gasteiger partial charge in [-0.2, -0.15) is 5.10 Å². The monoisotopic (exact) mass is 330 g/mol. The van der Waals surface area contributed by atoms with Crippen molar-refractivity contribution in [2.24, 2.45) is 11.1 Å². The highest BCUT2D eigenvalue weighted by Gasteiger charge is 2.68. The average molecular weight is 330 g/mol. The summed E-state index contributed by atoms with van der Waals surface area (Å²) in [5.41, 5.74) is 13.0. The summed E-state index contributed by atoms with van der Waals surface area (Å²) in [6.45, 7) is 0. The van der Waals surface area contributed by atoms with Crippen molar-refractivity contribution in [1.29, 1.82) is 0 Å². The molecule has 0 amide bonds. The Balaban J connectivity index is 1.42. The smallest absolute Gasteiger partial charge is 0.0705 e. The molecule has 2 heterocycles. The summed E-state index contributed by atoms with van der Waals surface area (Å²) in [7, 11) is 0. The number of hydrogen-bond acceptors (Lipinski definition) is 3. The van der Waals surface area contributed by atoms with Crippen molar-refractivity contribution in [3.63, 3.8) is 0 Å². The Labute approximate surface area is 146 Å². The third kappa shape index (κ3) is 1.81. The lowest BCUT2D eigenvalue weighted by molar-refractivity contribution is 0.242. The van der Waals surface area contributed by atoms with Crippen LogP contribution in [-0.2, 0) is 5.54 Å². The molecular formula is C21H22N4. The first-order valence-corrected chi connectivity index (χ1v) is 9.42. The largest absolute Gasteiger partial charge is 0.321 e. The van der Waals surface area contributed by atoms with Gasteiger partial charge >= 0.3 is 0 Å². The van der Waals surface area contributed by atoms with Crippen molar-refractivity contribution >= 4 is 10.9 Å². The molecular weight excluding hydrogens is 308 g/mol. The standard InChI is InChI=1S/C21H22N4/c22-21(12-20(21)8-1-9-20)14-4-6-17(23-10-14)15-5-7-18-16(11-24-25-18)19(15)13-2-3-13/h4-7,10-11,13H,1-3,8-9,12,22H2,(H,24,25). The van der Waals surface area contributed by atoms with E-state index in [0.717, 1.165) is 17.6 Å². The fourth-order valence-corrected chi connectivity index (χ4v) is 5.02. The summed E-state index contributed by atoms with van der Waals surface area (Å²) in [4.78, 5) is 4.83. The van der Waals surface area contributed by atoms with E-state index >= 15 is 0 Å². The highest BCUT2D eigenvalue weighted by atomic mass is 15.1. The molecule has 0 saturated heterocycles. The number of rotatable bonds is 3. The van der Waals surface area contributed by atoms with Crippen molar-refractivity contribution in [2.75, 3.05) is 0 Å². The van der Waals surface area contributed by atoms with E-state index in [9.17, 15) is 0 Å². The predicted octanol–water partition coefficient (Wildman–Crippen LogP) is 4.23. The molecule has 126 valence electrons. The first-order valence-electron chi connectivity index (χ1n) is 9.42. The van der Waals surface area contributed by atoms with Crippen molar-refractivity contribution in [2.45, 2.75) is 50.0 Å². The number of nitrogens with zero attached hydrogens (tertiary/aromatic N) is 2. The summed E-state index contributed by atoms with van der Waals surface area (Å²) >= 11 is 0. The van der Waals surface area contributed by atoms with Crippen molar-refractivity contribution < 1.29 is 0 Å². The maximum absolute atomic E-state index is 6.69. The van der Waals surface area contributed by atoms with Crippen LogP contribution in [0.25, 0.3) is 22.2 Å². The Morgan fingerprint density at radius 2 is 1.96 bits per heavy atom. The molecule has 1 atom stereocenters. The van der Waals surface area contributed by atoms with E-state index in [1.54, 1.807) is 0 Å². The van der Waals surface area contributed by atoms with E-state index in [-0.39, 0.29) is 5.54 Å². The summed E-state index contributed by atoms with van der Waals surface area (Å²) in [6, 6.07) is 8.69. The van der Waals surface area contributed by atoms with Crippen LogP contribution in [0.5, 0.6) is 0 Å². The number of aromatic amines is 1. The van der Waals surface area contributed by atoms with Gasteiger partial charge in [-0.25, -0.2) is 0 Å². The molecule has 1 unspecified atom stereocenters. The van der Waals surface area contributed by atoms with Crippen LogP contribution in [0.2, 0.25) is 0 Å². The lowest BCUT2D eigenvalue weighted by atomic mass is 9.76. The molecule has 6 rings (SSSR count). The van der Waals surface area contributed by atoms with Gasteiger partial charge in [0.05, 0.1) is 17.4 Å². The average Bonchev–Trinajstić information content (AvgIpc) is 3.49. The number of hydrogen-bond donors (Lipinski definition) is 2. The number of benzene rings is 1. The molecule has 0 radical (unpaired) electrons. The Bertz CT molecular complexity index is 979. The lowest BCUT2D eigenvalue weighted by Crippen LogP contribution is -2.32. The van der Waals surface area contributed by atoms with Crippen molar-refractivity contribution in [3.8, 4) is 11.3 Å². The molecule has 3 aliphatic rings. The normalized spacial score (nSPS) is 26.8. The zero-order valence-corrected chi connectivity index (χ0v) is 14.3. The van der Waals surface area contributed by atoms with Gasteiger partial charge in [-0.15, -0.1) is 0 Å². The van der Waals surface area contributed by atoms with Gasteiger partial charge in [-0.05, 0) is 66.7 Å². The number of H-pyrrole nitrogens is 1. The van der Waals surface area contributed by atoms with Crippen LogP contribution >= 0.6 is 0 Å². The fourth-order valence-electron chi connectivity index (χ4n) is 5.02. The molecule has 4 heteroatoms. The molecule has 3 aromatic rings. The van der Waals surface area contributed by atoms with E-state index in [0.29, 0.717) is 11.3 Å². The van der Waals surface area contributed by atoms with Gasteiger partial charge < -0.3 is 5.73 Å². The summed E-state index contributed by atoms with van der Waals surface area (Å²) in [6.07, 6.45) is 11.6. The SMILES string of the molecule is NC1(c2ccc(-c3ccc4[nH]ncc4c3C3CC3)nc2)CC12CCC2. The minimum atomic E-state index is -0.120. The van der Waals surface area contributed by atoms with Crippen molar-refractivity contribution in [3.05, 3.63) is 47.8 Å². The van der Waals surface area contributed by atoms with Crippen LogP contribution in [0.3, 0.4) is 0 Å². The second-order valence-corrected chi connectivity index (χ2v) is 8.35. The number of fused-ring (bicyclic) bond motifs is 1. The molecule has 0 aliphatic heterocycles. The van der Waals surface area contributed by atoms with Gasteiger partial charge in [0.2, 0.25) is 0 Å². The zero-order valence-electron chi connectivity index (χ0n) is 14.3. The first kappa shape index (κ1) is 14.0. The van der Waals surface area contributed by atoms with Crippen LogP contribution in [0.15, 0.2) is 36.7 Å². The first-order chi connectivity index (χ1) is 12.2. The van der Waals surface area contributed by atoms with Gasteiger partial charge in [-0.1, -0.05) is 18.6 Å². The number of nitrogens with one attached hydrogen (secondary N) is 1. The Morgan fingerprint density at radius 1 is 1.08 bits per heavy atom. The predicted molar refractivity (Wildman–Crippen MR) is 98.1 cm³/mol. The molecule has 3 saturated carbocycles. The van der Waals surface area contributed by atoms with Gasteiger partial charge in [0.25, 0.3) is 0 Å². The van der Waals surface area contributed by atoms with Gasteiger partial charge in [0, 0.05) is 22.7 Å². The molecule has 1 spiro atoms. The molecule has 0 bridgehead atoms. The lowest BCUT2D eigenvalue weighted by Gasteiger charge is -2.31. The Morgan fingerprint density at radius 3 is 2.60 bits per heavy atom. The molecule has 3 N–H and O–H groups in total. The molecule has 1 aromatic carbocycles. The minimum Gasteiger partial charge on any atom is -0.321 e. The second-order valence-electron chi connectivity index (χ2n) is 8.35. The van der Waals surface area contributed by atoms with Gasteiger partial charge in [-0.3, -0.25) is 10.1 Å². The number of nitrogens with two attached hydrogens (primary N) is 1. The van der Waals surface area contributed by atoms with Crippen LogP contribution in [0, 0.1) is 5.41 Å². The summed E-state index contributed by atoms with van der Waals surface area (Å²) in [5.74, 6) is 0.653. The second kappa shape index (κ2) is 4.50. The van der Waals surface area contributed by atoms with E-state index < -0.39 is 0 Å². The maximum Gasteiger partial charge on any atom is 0.0705 e. The van der Waals surface area contributed by atoms with Gasteiger partial charge in [0.1, 0.15) is 0 Å². The van der Waals surface area contributed by atoms with Crippen LogP contribution < -0.4 is 5.73 Å². The highest BCUT2D eigenvalue weighted by Crippen LogP contribution is 2.71. The Kier molecular flexibility index (Phi) is 2.52.